The Bertz CT molecular complexity index is 689. The summed E-state index contributed by atoms with van der Waals surface area (Å²) in [5.41, 5.74) is 0.157. The molecule has 0 radical (unpaired) electrons. The van der Waals surface area contributed by atoms with Crippen LogP contribution in [0.4, 0.5) is 0 Å². The molecule has 0 fully saturated rings. The molecule has 1 aromatic heterocycles. The van der Waals surface area contributed by atoms with Crippen molar-refractivity contribution in [3.8, 4) is 0 Å². The number of benzene rings is 1. The van der Waals surface area contributed by atoms with Gasteiger partial charge in [0.25, 0.3) is 0 Å². The summed E-state index contributed by atoms with van der Waals surface area (Å²) in [6, 6.07) is 6.80. The first-order valence-electron chi connectivity index (χ1n) is 6.18. The van der Waals surface area contributed by atoms with Crippen molar-refractivity contribution < 1.29 is 50.7 Å². The van der Waals surface area contributed by atoms with Crippen molar-refractivity contribution >= 4 is 16.9 Å². The molecule has 0 amide bonds. The Morgan fingerprint density at radius 2 is 2.19 bits per heavy atom. The van der Waals surface area contributed by atoms with Crippen molar-refractivity contribution in [3.63, 3.8) is 0 Å². The summed E-state index contributed by atoms with van der Waals surface area (Å²) in [6.45, 7) is 0. The second-order valence-corrected chi connectivity index (χ2v) is 6.68. The van der Waals surface area contributed by atoms with Gasteiger partial charge in [0.1, 0.15) is 0 Å². The number of carboxylic acids is 1. The molecule has 0 saturated carbocycles. The molecule has 1 aromatic carbocycles. The fourth-order valence-electron chi connectivity index (χ4n) is 2.06. The fraction of sp³-hybridized carbons (Fsp3) is 0.286. The van der Waals surface area contributed by atoms with E-state index in [1.165, 1.54) is 6.07 Å². The van der Waals surface area contributed by atoms with Crippen LogP contribution in [0.2, 0.25) is 3.93 Å². The quantitative estimate of drug-likeness (QED) is 0.519. The van der Waals surface area contributed by atoms with Gasteiger partial charge in [0.15, 0.2) is 0 Å². The topological polar surface area (TPSA) is 107 Å². The molecule has 2 N–H and O–H groups in total. The zero-order chi connectivity index (χ0) is 14.7. The molecule has 108 valence electrons. The third kappa shape index (κ3) is 3.90. The predicted molar refractivity (Wildman–Crippen MR) is 70.7 cm³/mol. The van der Waals surface area contributed by atoms with Gasteiger partial charge in [0.05, 0.1) is 0 Å². The Labute approximate surface area is 137 Å². The van der Waals surface area contributed by atoms with Crippen molar-refractivity contribution in [2.24, 2.45) is 0 Å². The first-order valence-corrected chi connectivity index (χ1v) is 10.1. The van der Waals surface area contributed by atoms with Gasteiger partial charge >= 0.3 is 131 Å². The molecular weight excluding hydrogens is 465 g/mol. The standard InChI is InChI=1S/C14H13O5.Hg.H2O/c1-8(18-2)6-9-4-3-5-10-7-11(13(15)16)14(17)19-12(9)10;;/h3-5,7-8H,1,6H2,2H3,(H,15,16);;1H2/q;+1;/p-1. The molecule has 1 atom stereocenters. The maximum Gasteiger partial charge on any atom is -0.870 e. The molecule has 2 aromatic rings. The van der Waals surface area contributed by atoms with E-state index in [-0.39, 0.29) is 17.1 Å². The number of methoxy groups -OCH3 is 1. The largest absolute Gasteiger partial charge is 0.870 e. The van der Waals surface area contributed by atoms with Crippen LogP contribution >= 0.6 is 0 Å². The summed E-state index contributed by atoms with van der Waals surface area (Å²) in [4.78, 5) is 22.6. The Kier molecular flexibility index (Phi) is 6.51. The molecule has 2 rings (SSSR count). The smallest absolute Gasteiger partial charge is 0.870 e. The van der Waals surface area contributed by atoms with Gasteiger partial charge in [-0.15, -0.1) is 0 Å². The van der Waals surface area contributed by atoms with E-state index in [1.54, 1.807) is 13.2 Å². The first-order chi connectivity index (χ1) is 9.56. The van der Waals surface area contributed by atoms with Crippen molar-refractivity contribution in [3.05, 3.63) is 45.8 Å². The number of aromatic carboxylic acids is 1. The second kappa shape index (κ2) is 7.68. The Balaban J connectivity index is 0.00000220. The van der Waals surface area contributed by atoms with Crippen LogP contribution in [0.25, 0.3) is 11.0 Å². The number of hydrogen-bond acceptors (Lipinski definition) is 5. The molecule has 1 unspecified atom stereocenters. The summed E-state index contributed by atoms with van der Waals surface area (Å²) < 4.78 is 11.6. The van der Waals surface area contributed by atoms with Crippen LogP contribution in [-0.4, -0.2) is 29.8 Å². The Morgan fingerprint density at radius 3 is 2.76 bits per heavy atom. The van der Waals surface area contributed by atoms with Gasteiger partial charge in [0, 0.05) is 0 Å². The third-order valence-electron chi connectivity index (χ3n) is 3.17. The molecule has 6 nitrogen and oxygen atoms in total. The number of fused-ring (bicyclic) bond motifs is 1. The number of carbonyl (C=O) groups is 1. The van der Waals surface area contributed by atoms with Crippen LogP contribution < -0.4 is 5.63 Å². The van der Waals surface area contributed by atoms with E-state index < -0.39 is 11.6 Å². The molecule has 0 bridgehead atoms. The number of hydrogen-bond donors (Lipinski definition) is 1. The SMILES string of the molecule is COC([CH2][Hg+])Cc1cccc2cc(C(=O)O)c(=O)oc12.[OH-]. The average Bonchev–Trinajstić information content (AvgIpc) is 2.44. The van der Waals surface area contributed by atoms with Crippen LogP contribution in [0.3, 0.4) is 0 Å². The minimum atomic E-state index is -1.28. The monoisotopic (exact) mass is 480 g/mol. The summed E-state index contributed by atoms with van der Waals surface area (Å²) in [6.07, 6.45) is 0.778. The second-order valence-electron chi connectivity index (χ2n) is 4.44. The molecule has 0 aliphatic rings. The summed E-state index contributed by atoms with van der Waals surface area (Å²) in [7, 11) is 1.67. The van der Waals surface area contributed by atoms with Gasteiger partial charge in [-0.3, -0.25) is 0 Å². The Morgan fingerprint density at radius 1 is 1.48 bits per heavy atom. The van der Waals surface area contributed by atoms with Crippen LogP contribution in [0.1, 0.15) is 15.9 Å². The van der Waals surface area contributed by atoms with Crippen LogP contribution in [0.5, 0.6) is 0 Å². The summed E-state index contributed by atoms with van der Waals surface area (Å²) >= 11 is 0.627. The maximum atomic E-state index is 11.7. The van der Waals surface area contributed by atoms with Crippen LogP contribution in [0, 0.1) is 0 Å². The van der Waals surface area contributed by atoms with Gasteiger partial charge < -0.3 is 5.48 Å². The molecule has 0 saturated heterocycles. The number of para-hydroxylation sites is 1. The van der Waals surface area contributed by atoms with Crippen LogP contribution in [-0.2, 0) is 37.3 Å². The van der Waals surface area contributed by atoms with Crippen molar-refractivity contribution in [1.82, 2.24) is 0 Å². The van der Waals surface area contributed by atoms with Gasteiger partial charge in [-0.05, 0) is 0 Å². The van der Waals surface area contributed by atoms with Gasteiger partial charge in [-0.25, -0.2) is 0 Å². The third-order valence-corrected chi connectivity index (χ3v) is 5.68. The number of rotatable bonds is 5. The molecule has 0 aliphatic carbocycles. The van der Waals surface area contributed by atoms with E-state index >= 15 is 0 Å². The number of ether oxygens (including phenoxy) is 1. The fourth-order valence-corrected chi connectivity index (χ4v) is 3.77. The van der Waals surface area contributed by atoms with E-state index in [0.29, 0.717) is 43.5 Å². The van der Waals surface area contributed by atoms with Crippen molar-refractivity contribution in [2.45, 2.75) is 16.5 Å². The average molecular weight is 479 g/mol. The van der Waals surface area contributed by atoms with Gasteiger partial charge in [-0.2, -0.15) is 0 Å². The minimum absolute atomic E-state index is 0. The summed E-state index contributed by atoms with van der Waals surface area (Å²) in [5.74, 6) is -1.28. The van der Waals surface area contributed by atoms with E-state index in [0.717, 1.165) is 9.49 Å². The molecule has 7 heteroatoms. The van der Waals surface area contributed by atoms with E-state index in [4.69, 9.17) is 14.3 Å². The maximum absolute atomic E-state index is 11.7. The zero-order valence-electron chi connectivity index (χ0n) is 11.5. The first kappa shape index (κ1) is 17.8. The predicted octanol–water partition coefficient (Wildman–Crippen LogP) is 1.84. The van der Waals surface area contributed by atoms with E-state index in [2.05, 4.69) is 0 Å². The Hall–Kier alpha value is -1.24. The normalized spacial score (nSPS) is 12.0. The molecule has 0 spiro atoms. The van der Waals surface area contributed by atoms with Gasteiger partial charge in [-0.1, -0.05) is 0 Å². The van der Waals surface area contributed by atoms with Crippen molar-refractivity contribution in [1.29, 1.82) is 0 Å². The molecule has 21 heavy (non-hydrogen) atoms. The van der Waals surface area contributed by atoms with E-state index in [1.807, 2.05) is 12.1 Å². The van der Waals surface area contributed by atoms with Crippen LogP contribution in [0.15, 0.2) is 33.5 Å². The van der Waals surface area contributed by atoms with Gasteiger partial charge in [0.2, 0.25) is 0 Å². The zero-order valence-corrected chi connectivity index (χ0v) is 17.0. The minimum Gasteiger partial charge on any atom is -0.870 e. The number of carboxylic acid groups (broad SMARTS) is 1. The summed E-state index contributed by atoms with van der Waals surface area (Å²) in [5, 5.41) is 9.56. The molecule has 0 aliphatic heterocycles. The molecule has 1 heterocycles. The molecular formula is C14H14HgO6. The van der Waals surface area contributed by atoms with E-state index in [9.17, 15) is 9.59 Å². The van der Waals surface area contributed by atoms with Crippen molar-refractivity contribution in [2.75, 3.05) is 7.11 Å².